The molecule has 0 aliphatic carbocycles. The van der Waals surface area contributed by atoms with E-state index in [9.17, 15) is 9.59 Å². The van der Waals surface area contributed by atoms with Gasteiger partial charge in [-0.25, -0.2) is 0 Å². The van der Waals surface area contributed by atoms with Gasteiger partial charge in [0.15, 0.2) is 6.10 Å². The minimum atomic E-state index is -0.732. The fourth-order valence-corrected chi connectivity index (χ4v) is 3.96. The number of benzene rings is 2. The number of piperazine rings is 1. The molecule has 32 heavy (non-hydrogen) atoms. The molecule has 6 nitrogen and oxygen atoms in total. The van der Waals surface area contributed by atoms with Gasteiger partial charge >= 0.3 is 0 Å². The highest BCUT2D eigenvalue weighted by Crippen LogP contribution is 2.28. The molecule has 1 aliphatic heterocycles. The first-order valence-corrected chi connectivity index (χ1v) is 11.5. The fraction of sp³-hybridized carbons (Fsp3) is 0.417. The minimum Gasteiger partial charge on any atom is -0.479 e. The van der Waals surface area contributed by atoms with Crippen LogP contribution in [0.5, 0.6) is 5.75 Å². The van der Waals surface area contributed by atoms with E-state index in [1.165, 1.54) is 0 Å². The van der Waals surface area contributed by atoms with E-state index in [4.69, 9.17) is 27.9 Å². The summed E-state index contributed by atoms with van der Waals surface area (Å²) in [6, 6.07) is 12.6. The summed E-state index contributed by atoms with van der Waals surface area (Å²) in [5, 5.41) is 3.72. The van der Waals surface area contributed by atoms with Crippen molar-refractivity contribution < 1.29 is 14.3 Å². The molecule has 0 spiro atoms. The molecule has 3 rings (SSSR count). The maximum absolute atomic E-state index is 12.5. The van der Waals surface area contributed by atoms with Crippen LogP contribution in [0, 0.1) is 5.92 Å². The Bertz CT molecular complexity index is 942. The summed E-state index contributed by atoms with van der Waals surface area (Å²) in [6.07, 6.45) is -0.134. The van der Waals surface area contributed by atoms with E-state index in [0.29, 0.717) is 33.8 Å². The van der Waals surface area contributed by atoms with Gasteiger partial charge < -0.3 is 19.9 Å². The Morgan fingerprint density at radius 1 is 1.00 bits per heavy atom. The van der Waals surface area contributed by atoms with E-state index in [0.717, 1.165) is 31.9 Å². The van der Waals surface area contributed by atoms with E-state index in [2.05, 4.69) is 24.1 Å². The summed E-state index contributed by atoms with van der Waals surface area (Å²) in [5.74, 6) is 0.731. The first-order chi connectivity index (χ1) is 15.2. The summed E-state index contributed by atoms with van der Waals surface area (Å²) in [4.78, 5) is 28.9. The summed E-state index contributed by atoms with van der Waals surface area (Å²) >= 11 is 12.0. The third-order valence-electron chi connectivity index (χ3n) is 5.28. The van der Waals surface area contributed by atoms with E-state index < -0.39 is 6.10 Å². The van der Waals surface area contributed by atoms with E-state index >= 15 is 0 Å². The highest BCUT2D eigenvalue weighted by molar-refractivity contribution is 6.35. The number of halogens is 2. The number of nitrogens with one attached hydrogen (secondary N) is 1. The maximum Gasteiger partial charge on any atom is 0.265 e. The topological polar surface area (TPSA) is 61.9 Å². The minimum absolute atomic E-state index is 0.230. The average Bonchev–Trinajstić information content (AvgIpc) is 2.76. The zero-order chi connectivity index (χ0) is 23.3. The molecule has 0 saturated carbocycles. The second-order valence-electron chi connectivity index (χ2n) is 8.34. The van der Waals surface area contributed by atoms with E-state index in [-0.39, 0.29) is 11.8 Å². The third kappa shape index (κ3) is 6.53. The van der Waals surface area contributed by atoms with Crippen LogP contribution < -0.4 is 15.0 Å². The molecule has 1 N–H and O–H groups in total. The standard InChI is InChI=1S/C24H29Cl2N3O3/c1-16(2)14-23(30)29-12-10-28(11-13-29)20-7-5-19(6-8-20)27-24(31)17(3)32-22-9-4-18(25)15-21(22)26/h4-9,15-17H,10-14H2,1-3H3,(H,27,31). The second kappa shape index (κ2) is 10.9. The predicted molar refractivity (Wildman–Crippen MR) is 130 cm³/mol. The highest BCUT2D eigenvalue weighted by atomic mass is 35.5. The van der Waals surface area contributed by atoms with Crippen LogP contribution in [0.15, 0.2) is 42.5 Å². The van der Waals surface area contributed by atoms with Crippen molar-refractivity contribution in [3.8, 4) is 5.75 Å². The average molecular weight is 478 g/mol. The lowest BCUT2D eigenvalue weighted by atomic mass is 10.1. The number of amides is 2. The maximum atomic E-state index is 12.5. The van der Waals surface area contributed by atoms with Crippen LogP contribution in [0.2, 0.25) is 10.0 Å². The van der Waals surface area contributed by atoms with Crippen molar-refractivity contribution in [1.82, 2.24) is 4.90 Å². The Morgan fingerprint density at radius 3 is 2.25 bits per heavy atom. The highest BCUT2D eigenvalue weighted by Gasteiger charge is 2.22. The Balaban J connectivity index is 1.51. The molecule has 8 heteroatoms. The summed E-state index contributed by atoms with van der Waals surface area (Å²) in [6.45, 7) is 8.83. The first-order valence-electron chi connectivity index (χ1n) is 10.8. The van der Waals surface area contributed by atoms with Gasteiger partial charge in [-0.05, 0) is 55.3 Å². The lowest BCUT2D eigenvalue weighted by Gasteiger charge is -2.36. The molecule has 2 aromatic carbocycles. The zero-order valence-electron chi connectivity index (χ0n) is 18.6. The van der Waals surface area contributed by atoms with Crippen LogP contribution in [-0.2, 0) is 9.59 Å². The smallest absolute Gasteiger partial charge is 0.265 e. The van der Waals surface area contributed by atoms with Crippen molar-refractivity contribution in [3.63, 3.8) is 0 Å². The zero-order valence-corrected chi connectivity index (χ0v) is 20.1. The van der Waals surface area contributed by atoms with Crippen LogP contribution in [0.25, 0.3) is 0 Å². The normalized spacial score (nSPS) is 14.9. The molecule has 2 amide bonds. The predicted octanol–water partition coefficient (Wildman–Crippen LogP) is 5.09. The van der Waals surface area contributed by atoms with Gasteiger partial charge in [-0.2, -0.15) is 0 Å². The van der Waals surface area contributed by atoms with Crippen LogP contribution in [0.4, 0.5) is 11.4 Å². The molecular weight excluding hydrogens is 449 g/mol. The summed E-state index contributed by atoms with van der Waals surface area (Å²) in [7, 11) is 0. The molecule has 1 aliphatic rings. The van der Waals surface area contributed by atoms with Crippen molar-refractivity contribution in [1.29, 1.82) is 0 Å². The largest absolute Gasteiger partial charge is 0.479 e. The molecule has 1 atom stereocenters. The van der Waals surface area contributed by atoms with Gasteiger partial charge in [0, 0.05) is 49.0 Å². The first kappa shape index (κ1) is 24.2. The Kier molecular flexibility index (Phi) is 8.26. The molecule has 2 aromatic rings. The van der Waals surface area contributed by atoms with Crippen LogP contribution in [0.1, 0.15) is 27.2 Å². The van der Waals surface area contributed by atoms with Gasteiger partial charge in [-0.15, -0.1) is 0 Å². The summed E-state index contributed by atoms with van der Waals surface area (Å²) < 4.78 is 5.66. The van der Waals surface area contributed by atoms with Gasteiger partial charge in [0.25, 0.3) is 5.91 Å². The van der Waals surface area contributed by atoms with Crippen molar-refractivity contribution in [2.75, 3.05) is 36.4 Å². The Hall–Kier alpha value is -2.44. The van der Waals surface area contributed by atoms with Crippen LogP contribution in [-0.4, -0.2) is 49.0 Å². The number of hydrogen-bond acceptors (Lipinski definition) is 4. The van der Waals surface area contributed by atoms with Gasteiger partial charge in [0.2, 0.25) is 5.91 Å². The van der Waals surface area contributed by atoms with Gasteiger partial charge in [-0.3, -0.25) is 9.59 Å². The molecular formula is C24H29Cl2N3O3. The number of rotatable bonds is 7. The second-order valence-corrected chi connectivity index (χ2v) is 9.18. The number of carbonyl (C=O) groups excluding carboxylic acids is 2. The van der Waals surface area contributed by atoms with E-state index in [1.54, 1.807) is 25.1 Å². The number of hydrogen-bond donors (Lipinski definition) is 1. The summed E-state index contributed by atoms with van der Waals surface area (Å²) in [5.41, 5.74) is 1.75. The monoisotopic (exact) mass is 477 g/mol. The molecule has 0 radical (unpaired) electrons. The third-order valence-corrected chi connectivity index (χ3v) is 5.81. The van der Waals surface area contributed by atoms with Crippen molar-refractivity contribution in [2.24, 2.45) is 5.92 Å². The van der Waals surface area contributed by atoms with Crippen molar-refractivity contribution in [3.05, 3.63) is 52.5 Å². The lowest BCUT2D eigenvalue weighted by Crippen LogP contribution is -2.49. The molecule has 0 bridgehead atoms. The van der Waals surface area contributed by atoms with Gasteiger partial charge in [-0.1, -0.05) is 37.0 Å². The van der Waals surface area contributed by atoms with Gasteiger partial charge in [0.05, 0.1) is 5.02 Å². The molecule has 1 saturated heterocycles. The number of carbonyl (C=O) groups is 2. The number of nitrogens with zero attached hydrogens (tertiary/aromatic N) is 2. The quantitative estimate of drug-likeness (QED) is 0.602. The Morgan fingerprint density at radius 2 is 1.66 bits per heavy atom. The Labute approximate surface area is 199 Å². The fourth-order valence-electron chi connectivity index (χ4n) is 3.51. The number of ether oxygens (including phenoxy) is 1. The molecule has 0 aromatic heterocycles. The lowest BCUT2D eigenvalue weighted by molar-refractivity contribution is -0.132. The SMILES string of the molecule is CC(C)CC(=O)N1CCN(c2ccc(NC(=O)C(C)Oc3ccc(Cl)cc3Cl)cc2)CC1. The van der Waals surface area contributed by atoms with Crippen molar-refractivity contribution in [2.45, 2.75) is 33.3 Å². The van der Waals surface area contributed by atoms with Crippen molar-refractivity contribution >= 4 is 46.4 Å². The number of anilines is 2. The van der Waals surface area contributed by atoms with Crippen LogP contribution in [0.3, 0.4) is 0 Å². The van der Waals surface area contributed by atoms with Crippen LogP contribution >= 0.6 is 23.2 Å². The molecule has 172 valence electrons. The molecule has 1 heterocycles. The van der Waals surface area contributed by atoms with E-state index in [1.807, 2.05) is 29.2 Å². The molecule has 1 fully saturated rings. The van der Waals surface area contributed by atoms with Gasteiger partial charge in [0.1, 0.15) is 5.75 Å². The molecule has 1 unspecified atom stereocenters.